The normalized spacial score (nSPS) is 18.8. The number of hydrogen-bond acceptors (Lipinski definition) is 5. The second-order valence-corrected chi connectivity index (χ2v) is 7.24. The van der Waals surface area contributed by atoms with Gasteiger partial charge in [0.25, 0.3) is 11.8 Å². The van der Waals surface area contributed by atoms with E-state index in [0.29, 0.717) is 13.1 Å². The quantitative estimate of drug-likeness (QED) is 0.659. The molecule has 4 rings (SSSR count). The molecule has 1 atom stereocenters. The summed E-state index contributed by atoms with van der Waals surface area (Å²) in [5.41, 5.74) is 1.97. The number of rotatable bonds is 7. The summed E-state index contributed by atoms with van der Waals surface area (Å²) < 4.78 is 34.5. The number of carbonyl (C=O) groups is 1. The molecule has 1 amide bonds. The largest absolute Gasteiger partial charge is 0.472 e. The lowest BCUT2D eigenvalue weighted by Crippen LogP contribution is -2.33. The van der Waals surface area contributed by atoms with E-state index < -0.39 is 12.0 Å². The highest BCUT2D eigenvalue weighted by molar-refractivity contribution is 5.91. The molecule has 9 heteroatoms. The molecule has 3 aromatic rings. The predicted molar refractivity (Wildman–Crippen MR) is 100 cm³/mol. The molecule has 1 fully saturated rings. The summed E-state index contributed by atoms with van der Waals surface area (Å²) in [4.78, 5) is 14.0. The number of aromatic nitrogens is 3. The Balaban J connectivity index is 1.37. The summed E-state index contributed by atoms with van der Waals surface area (Å²) in [6.45, 7) is 0.657. The number of alkyl halides is 2. The van der Waals surface area contributed by atoms with Crippen LogP contribution in [0.1, 0.15) is 28.0 Å². The van der Waals surface area contributed by atoms with Gasteiger partial charge in [0.05, 0.1) is 31.8 Å². The van der Waals surface area contributed by atoms with Gasteiger partial charge in [0, 0.05) is 31.1 Å². The van der Waals surface area contributed by atoms with Crippen molar-refractivity contribution in [2.24, 2.45) is 0 Å². The summed E-state index contributed by atoms with van der Waals surface area (Å²) in [7, 11) is 0. The van der Waals surface area contributed by atoms with Gasteiger partial charge in [0.2, 0.25) is 0 Å². The zero-order valence-electron chi connectivity index (χ0n) is 15.7. The van der Waals surface area contributed by atoms with E-state index in [-0.39, 0.29) is 31.1 Å². The van der Waals surface area contributed by atoms with E-state index >= 15 is 0 Å². The average molecular weight is 401 g/mol. The summed E-state index contributed by atoms with van der Waals surface area (Å²) in [5.74, 6) is -3.11. The van der Waals surface area contributed by atoms with Crippen LogP contribution in [0.4, 0.5) is 8.78 Å². The molecule has 0 unspecified atom stereocenters. The van der Waals surface area contributed by atoms with Crippen LogP contribution in [0.3, 0.4) is 0 Å². The van der Waals surface area contributed by atoms with Crippen LogP contribution in [0.15, 0.2) is 59.5 Å². The second-order valence-electron chi connectivity index (χ2n) is 7.24. The third kappa shape index (κ3) is 4.86. The molecule has 29 heavy (non-hydrogen) atoms. The van der Waals surface area contributed by atoms with Crippen LogP contribution >= 0.6 is 0 Å². The first-order chi connectivity index (χ1) is 14.0. The average Bonchev–Trinajstić information content (AvgIpc) is 3.42. The van der Waals surface area contributed by atoms with Crippen LogP contribution in [0.25, 0.3) is 0 Å². The van der Waals surface area contributed by atoms with E-state index in [0.717, 1.165) is 11.1 Å². The maximum atomic E-state index is 14.0. The number of halogens is 2. The third-order valence-corrected chi connectivity index (χ3v) is 4.92. The van der Waals surface area contributed by atoms with Gasteiger partial charge in [-0.25, -0.2) is 8.78 Å². The number of benzene rings is 1. The lowest BCUT2D eigenvalue weighted by Gasteiger charge is -2.22. The van der Waals surface area contributed by atoms with E-state index in [1.807, 2.05) is 30.3 Å². The van der Waals surface area contributed by atoms with Crippen molar-refractivity contribution < 1.29 is 18.0 Å². The Labute approximate surface area is 166 Å². The van der Waals surface area contributed by atoms with Gasteiger partial charge in [-0.05, 0) is 11.6 Å². The Kier molecular flexibility index (Phi) is 5.39. The van der Waals surface area contributed by atoms with Gasteiger partial charge < -0.3 is 9.73 Å². The summed E-state index contributed by atoms with van der Waals surface area (Å²) in [6, 6.07) is 10.9. The predicted octanol–water partition coefficient (Wildman–Crippen LogP) is 2.71. The number of nitrogens with one attached hydrogen (secondary N) is 1. The zero-order chi connectivity index (χ0) is 20.3. The van der Waals surface area contributed by atoms with Crippen molar-refractivity contribution in [2.75, 3.05) is 6.54 Å². The summed E-state index contributed by atoms with van der Waals surface area (Å²) in [5, 5.41) is 10.6. The fourth-order valence-electron chi connectivity index (χ4n) is 3.52. The molecule has 1 N–H and O–H groups in total. The van der Waals surface area contributed by atoms with Gasteiger partial charge in [0.1, 0.15) is 0 Å². The SMILES string of the molecule is O=C(NCc1ccccc1)c1cn(C[C@@H]2CC(F)(F)CN2Cc2ccoc2)nn1. The smallest absolute Gasteiger partial charge is 0.273 e. The first kappa shape index (κ1) is 19.3. The number of nitrogens with zero attached hydrogens (tertiary/aromatic N) is 4. The molecular weight excluding hydrogens is 380 g/mol. The first-order valence-electron chi connectivity index (χ1n) is 9.34. The lowest BCUT2D eigenvalue weighted by molar-refractivity contribution is 0.0113. The standard InChI is InChI=1S/C20H21F2N5O2/c21-20(22)8-17(26(14-20)10-16-6-7-29-13-16)11-27-12-18(24-25-27)19(28)23-9-15-4-2-1-3-5-15/h1-7,12-13,17H,8-11,14H2,(H,23,28)/t17-/m0/s1. The number of furan rings is 1. The van der Waals surface area contributed by atoms with Crippen LogP contribution in [0.2, 0.25) is 0 Å². The molecule has 0 saturated carbocycles. The Bertz CT molecular complexity index is 943. The minimum Gasteiger partial charge on any atom is -0.472 e. The molecule has 1 aromatic carbocycles. The molecule has 0 aliphatic carbocycles. The van der Waals surface area contributed by atoms with Gasteiger partial charge in [-0.3, -0.25) is 14.4 Å². The second kappa shape index (κ2) is 8.12. The minimum absolute atomic E-state index is 0.159. The van der Waals surface area contributed by atoms with Crippen LogP contribution in [-0.2, 0) is 19.6 Å². The van der Waals surface area contributed by atoms with Crippen LogP contribution in [0.5, 0.6) is 0 Å². The molecule has 3 heterocycles. The highest BCUT2D eigenvalue weighted by Gasteiger charge is 2.45. The third-order valence-electron chi connectivity index (χ3n) is 4.92. The number of carbonyl (C=O) groups excluding carboxylic acids is 1. The van der Waals surface area contributed by atoms with Crippen molar-refractivity contribution in [1.29, 1.82) is 0 Å². The maximum Gasteiger partial charge on any atom is 0.273 e. The topological polar surface area (TPSA) is 76.2 Å². The van der Waals surface area contributed by atoms with E-state index in [1.54, 1.807) is 17.2 Å². The highest BCUT2D eigenvalue weighted by Crippen LogP contribution is 2.33. The van der Waals surface area contributed by atoms with Crippen molar-refractivity contribution in [1.82, 2.24) is 25.2 Å². The number of likely N-dealkylation sites (tertiary alicyclic amines) is 1. The van der Waals surface area contributed by atoms with Gasteiger partial charge in [-0.1, -0.05) is 35.5 Å². The Hall–Kier alpha value is -3.07. The maximum absolute atomic E-state index is 14.0. The molecule has 1 aliphatic rings. The molecule has 152 valence electrons. The summed E-state index contributed by atoms with van der Waals surface area (Å²) >= 11 is 0. The zero-order valence-corrected chi connectivity index (χ0v) is 15.7. The van der Waals surface area contributed by atoms with E-state index in [2.05, 4.69) is 15.6 Å². The lowest BCUT2D eigenvalue weighted by atomic mass is 10.2. The molecule has 0 bridgehead atoms. The fourth-order valence-corrected chi connectivity index (χ4v) is 3.52. The number of amides is 1. The minimum atomic E-state index is -2.76. The molecule has 2 aromatic heterocycles. The Morgan fingerprint density at radius 3 is 2.83 bits per heavy atom. The molecule has 0 radical (unpaired) electrons. The number of hydrogen-bond donors (Lipinski definition) is 1. The Morgan fingerprint density at radius 1 is 1.24 bits per heavy atom. The molecular formula is C20H21F2N5O2. The van der Waals surface area contributed by atoms with Gasteiger partial charge in [-0.15, -0.1) is 5.10 Å². The van der Waals surface area contributed by atoms with E-state index in [4.69, 9.17) is 4.42 Å². The molecule has 1 saturated heterocycles. The molecule has 1 aliphatic heterocycles. The van der Waals surface area contributed by atoms with Crippen molar-refractivity contribution >= 4 is 5.91 Å². The van der Waals surface area contributed by atoms with Crippen molar-refractivity contribution in [3.63, 3.8) is 0 Å². The van der Waals surface area contributed by atoms with Gasteiger partial charge >= 0.3 is 0 Å². The first-order valence-corrected chi connectivity index (χ1v) is 9.34. The fraction of sp³-hybridized carbons (Fsp3) is 0.350. The molecule has 0 spiro atoms. The Morgan fingerprint density at radius 2 is 2.07 bits per heavy atom. The molecule has 7 nitrogen and oxygen atoms in total. The van der Waals surface area contributed by atoms with Crippen LogP contribution < -0.4 is 5.32 Å². The van der Waals surface area contributed by atoms with Gasteiger partial charge in [-0.2, -0.15) is 0 Å². The van der Waals surface area contributed by atoms with Crippen LogP contribution in [0, 0.1) is 0 Å². The van der Waals surface area contributed by atoms with Crippen molar-refractivity contribution in [3.8, 4) is 0 Å². The van der Waals surface area contributed by atoms with Crippen molar-refractivity contribution in [2.45, 2.75) is 38.0 Å². The van der Waals surface area contributed by atoms with E-state index in [1.165, 1.54) is 17.1 Å². The monoisotopic (exact) mass is 401 g/mol. The van der Waals surface area contributed by atoms with E-state index in [9.17, 15) is 13.6 Å². The van der Waals surface area contributed by atoms with Crippen LogP contribution in [-0.4, -0.2) is 44.3 Å². The summed E-state index contributed by atoms with van der Waals surface area (Å²) in [6.07, 6.45) is 4.31. The highest BCUT2D eigenvalue weighted by atomic mass is 19.3. The van der Waals surface area contributed by atoms with Crippen molar-refractivity contribution in [3.05, 3.63) is 71.9 Å². The van der Waals surface area contributed by atoms with Gasteiger partial charge in [0.15, 0.2) is 5.69 Å².